The lowest BCUT2D eigenvalue weighted by atomic mass is 10.2. The fourth-order valence-corrected chi connectivity index (χ4v) is 2.39. The molecular weight excluding hydrogens is 290 g/mol. The van der Waals surface area contributed by atoms with Crippen molar-refractivity contribution in [3.8, 4) is 0 Å². The predicted molar refractivity (Wildman–Crippen MR) is 91.8 cm³/mol. The number of carbonyl (C=O) groups excluding carboxylic acids is 1. The Morgan fingerprint density at radius 3 is 2.65 bits per heavy atom. The second kappa shape index (κ2) is 6.52. The van der Waals surface area contributed by atoms with Gasteiger partial charge in [0.2, 0.25) is 0 Å². The highest BCUT2D eigenvalue weighted by molar-refractivity contribution is 6.00. The van der Waals surface area contributed by atoms with E-state index in [1.54, 1.807) is 6.07 Å². The predicted octanol–water partition coefficient (Wildman–Crippen LogP) is 4.73. The molecule has 1 aromatic heterocycles. The Bertz CT molecular complexity index is 839. The number of carbonyl (C=O) groups is 1. The van der Waals surface area contributed by atoms with Crippen LogP contribution in [0.15, 0.2) is 46.9 Å². The van der Waals surface area contributed by atoms with Crippen molar-refractivity contribution in [1.29, 1.82) is 0 Å². The van der Waals surface area contributed by atoms with Gasteiger partial charge in [-0.1, -0.05) is 19.1 Å². The molecule has 0 aliphatic heterocycles. The Morgan fingerprint density at radius 2 is 1.91 bits per heavy atom. The highest BCUT2D eigenvalue weighted by atomic mass is 16.3. The van der Waals surface area contributed by atoms with E-state index in [-0.39, 0.29) is 6.03 Å². The molecule has 0 saturated carbocycles. The van der Waals surface area contributed by atoms with E-state index in [0.717, 1.165) is 35.5 Å². The first-order valence-corrected chi connectivity index (χ1v) is 7.68. The maximum atomic E-state index is 12.1. The van der Waals surface area contributed by atoms with Crippen LogP contribution in [0.3, 0.4) is 0 Å². The lowest BCUT2D eigenvalue weighted by Gasteiger charge is -2.08. The zero-order valence-corrected chi connectivity index (χ0v) is 13.2. The molecule has 0 saturated heterocycles. The summed E-state index contributed by atoms with van der Waals surface area (Å²) in [7, 11) is 0. The molecule has 3 rings (SSSR count). The van der Waals surface area contributed by atoms with Gasteiger partial charge in [0.15, 0.2) is 11.5 Å². The number of benzene rings is 2. The third-order valence-corrected chi connectivity index (χ3v) is 3.43. The molecule has 0 fully saturated rings. The lowest BCUT2D eigenvalue weighted by molar-refractivity contribution is 0.262. The number of anilines is 2. The van der Waals surface area contributed by atoms with Crippen LogP contribution in [0.4, 0.5) is 16.2 Å². The van der Waals surface area contributed by atoms with Crippen molar-refractivity contribution in [3.05, 3.63) is 53.9 Å². The molecule has 0 atom stereocenters. The van der Waals surface area contributed by atoms with E-state index in [0.29, 0.717) is 11.3 Å². The van der Waals surface area contributed by atoms with Crippen LogP contribution < -0.4 is 10.6 Å². The largest absolute Gasteiger partial charge is 0.441 e. The van der Waals surface area contributed by atoms with Crippen LogP contribution >= 0.6 is 0 Å². The molecule has 0 aliphatic rings. The zero-order valence-electron chi connectivity index (χ0n) is 13.2. The second-order valence-electron chi connectivity index (χ2n) is 5.49. The summed E-state index contributed by atoms with van der Waals surface area (Å²) in [5.74, 6) is 0.726. The number of hydrogen-bond donors (Lipinski definition) is 2. The first-order chi connectivity index (χ1) is 11.1. The first kappa shape index (κ1) is 15.1. The van der Waals surface area contributed by atoms with Gasteiger partial charge in [-0.15, -0.1) is 0 Å². The molecule has 5 nitrogen and oxygen atoms in total. The van der Waals surface area contributed by atoms with Crippen molar-refractivity contribution in [3.63, 3.8) is 0 Å². The van der Waals surface area contributed by atoms with Crippen molar-refractivity contribution in [1.82, 2.24) is 4.98 Å². The number of aromatic nitrogens is 1. The molecule has 3 aromatic rings. The molecular formula is C18H19N3O2. The number of rotatable bonds is 4. The first-order valence-electron chi connectivity index (χ1n) is 7.68. The molecule has 0 unspecified atom stereocenters. The van der Waals surface area contributed by atoms with Crippen molar-refractivity contribution in [2.75, 3.05) is 10.6 Å². The molecule has 0 bridgehead atoms. The van der Waals surface area contributed by atoms with Crippen LogP contribution in [0.2, 0.25) is 0 Å². The van der Waals surface area contributed by atoms with Gasteiger partial charge in [-0.3, -0.25) is 0 Å². The Balaban J connectivity index is 1.71. The van der Waals surface area contributed by atoms with E-state index in [4.69, 9.17) is 4.42 Å². The molecule has 5 heteroatoms. The number of urea groups is 1. The summed E-state index contributed by atoms with van der Waals surface area (Å²) in [4.78, 5) is 16.5. The maximum Gasteiger partial charge on any atom is 0.323 e. The number of oxazole rings is 1. The van der Waals surface area contributed by atoms with Crippen molar-refractivity contribution >= 4 is 28.5 Å². The Labute approximate surface area is 134 Å². The Kier molecular flexibility index (Phi) is 4.28. The number of nitrogens with zero attached hydrogens (tertiary/aromatic N) is 1. The summed E-state index contributed by atoms with van der Waals surface area (Å²) in [6.07, 6.45) is 1.79. The highest BCUT2D eigenvalue weighted by Gasteiger charge is 2.08. The lowest BCUT2D eigenvalue weighted by Crippen LogP contribution is -2.19. The normalized spacial score (nSPS) is 10.7. The maximum absolute atomic E-state index is 12.1. The van der Waals surface area contributed by atoms with Gasteiger partial charge < -0.3 is 15.1 Å². The summed E-state index contributed by atoms with van der Waals surface area (Å²) >= 11 is 0. The molecule has 1 heterocycles. The molecule has 0 radical (unpaired) electrons. The fraction of sp³-hybridized carbons (Fsp3) is 0.222. The van der Waals surface area contributed by atoms with Gasteiger partial charge in [0, 0.05) is 23.9 Å². The van der Waals surface area contributed by atoms with Crippen LogP contribution in [-0.2, 0) is 6.42 Å². The summed E-state index contributed by atoms with van der Waals surface area (Å²) in [6.45, 7) is 4.06. The van der Waals surface area contributed by atoms with Crippen LogP contribution in [-0.4, -0.2) is 11.0 Å². The summed E-state index contributed by atoms with van der Waals surface area (Å²) in [5.41, 5.74) is 4.00. The minimum atomic E-state index is -0.289. The van der Waals surface area contributed by atoms with Gasteiger partial charge in [0.1, 0.15) is 5.52 Å². The summed E-state index contributed by atoms with van der Waals surface area (Å²) in [6, 6.07) is 12.8. The Morgan fingerprint density at radius 1 is 1.13 bits per heavy atom. The van der Waals surface area contributed by atoms with Gasteiger partial charge in [0.05, 0.1) is 0 Å². The third-order valence-electron chi connectivity index (χ3n) is 3.43. The van der Waals surface area contributed by atoms with Gasteiger partial charge in [-0.25, -0.2) is 9.78 Å². The number of aryl methyl sites for hydroxylation is 2. The van der Waals surface area contributed by atoms with E-state index in [1.807, 2.05) is 43.3 Å². The molecule has 23 heavy (non-hydrogen) atoms. The number of hydrogen-bond acceptors (Lipinski definition) is 3. The van der Waals surface area contributed by atoms with Gasteiger partial charge in [0.25, 0.3) is 0 Å². The molecule has 2 aromatic carbocycles. The van der Waals surface area contributed by atoms with E-state index in [9.17, 15) is 4.79 Å². The van der Waals surface area contributed by atoms with E-state index in [1.165, 1.54) is 0 Å². The molecule has 0 aliphatic carbocycles. The number of fused-ring (bicyclic) bond motifs is 1. The zero-order chi connectivity index (χ0) is 16.2. The monoisotopic (exact) mass is 309 g/mol. The highest BCUT2D eigenvalue weighted by Crippen LogP contribution is 2.21. The minimum Gasteiger partial charge on any atom is -0.441 e. The fourth-order valence-electron chi connectivity index (χ4n) is 2.39. The smallest absolute Gasteiger partial charge is 0.323 e. The standard InChI is InChI=1S/C18H19N3O2/c1-3-5-17-21-15-9-8-14(11-16(15)23-17)20-18(22)19-13-7-4-6-12(2)10-13/h4,6-11H,3,5H2,1-2H3,(H2,19,20,22). The van der Waals surface area contributed by atoms with Crippen molar-refractivity contribution < 1.29 is 9.21 Å². The molecule has 2 amide bonds. The van der Waals surface area contributed by atoms with E-state index < -0.39 is 0 Å². The van der Waals surface area contributed by atoms with E-state index in [2.05, 4.69) is 22.5 Å². The summed E-state index contributed by atoms with van der Waals surface area (Å²) in [5, 5.41) is 5.61. The van der Waals surface area contributed by atoms with Gasteiger partial charge in [-0.05, 0) is 43.2 Å². The van der Waals surface area contributed by atoms with Crippen molar-refractivity contribution in [2.24, 2.45) is 0 Å². The third kappa shape index (κ3) is 3.69. The van der Waals surface area contributed by atoms with Crippen LogP contribution in [0.1, 0.15) is 24.8 Å². The quantitative estimate of drug-likeness (QED) is 0.732. The average molecular weight is 309 g/mol. The second-order valence-corrected chi connectivity index (χ2v) is 5.49. The molecule has 2 N–H and O–H groups in total. The minimum absolute atomic E-state index is 0.289. The van der Waals surface area contributed by atoms with E-state index >= 15 is 0 Å². The van der Waals surface area contributed by atoms with Gasteiger partial charge >= 0.3 is 6.03 Å². The van der Waals surface area contributed by atoms with Gasteiger partial charge in [-0.2, -0.15) is 0 Å². The van der Waals surface area contributed by atoms with Crippen LogP contribution in [0, 0.1) is 6.92 Å². The topological polar surface area (TPSA) is 67.2 Å². The number of nitrogens with one attached hydrogen (secondary N) is 2. The van der Waals surface area contributed by atoms with Crippen molar-refractivity contribution in [2.45, 2.75) is 26.7 Å². The summed E-state index contributed by atoms with van der Waals surface area (Å²) < 4.78 is 5.68. The molecule has 118 valence electrons. The van der Waals surface area contributed by atoms with Crippen LogP contribution in [0.25, 0.3) is 11.1 Å². The average Bonchev–Trinajstić information content (AvgIpc) is 2.89. The Hall–Kier alpha value is -2.82. The number of amides is 2. The SMILES string of the molecule is CCCc1nc2ccc(NC(=O)Nc3cccc(C)c3)cc2o1. The van der Waals surface area contributed by atoms with Crippen LogP contribution in [0.5, 0.6) is 0 Å². The molecule has 0 spiro atoms.